The molecule has 1 saturated carbocycles. The van der Waals surface area contributed by atoms with Crippen molar-refractivity contribution in [3.8, 4) is 0 Å². The Kier molecular flexibility index (Phi) is 3.57. The van der Waals surface area contributed by atoms with E-state index in [0.717, 1.165) is 5.56 Å². The molecular formula is C13H15ClN2O2. The highest BCUT2D eigenvalue weighted by Crippen LogP contribution is 2.27. The van der Waals surface area contributed by atoms with E-state index in [-0.39, 0.29) is 23.8 Å². The molecule has 0 aromatic heterocycles. The molecular weight excluding hydrogens is 252 g/mol. The number of hydrogen-bond donors (Lipinski definition) is 2. The Morgan fingerprint density at radius 2 is 2.06 bits per heavy atom. The van der Waals surface area contributed by atoms with Crippen LogP contribution in [0, 0.1) is 12.8 Å². The molecule has 1 aliphatic rings. The third-order valence-electron chi connectivity index (χ3n) is 3.30. The van der Waals surface area contributed by atoms with Gasteiger partial charge in [-0.05, 0) is 43.5 Å². The Bertz CT molecular complexity index is 496. The van der Waals surface area contributed by atoms with Gasteiger partial charge in [0, 0.05) is 22.5 Å². The van der Waals surface area contributed by atoms with E-state index in [4.69, 9.17) is 17.3 Å². The van der Waals surface area contributed by atoms with Crippen LogP contribution in [0.25, 0.3) is 0 Å². The lowest BCUT2D eigenvalue weighted by atomic mass is 9.79. The van der Waals surface area contributed by atoms with Gasteiger partial charge in [-0.3, -0.25) is 9.59 Å². The summed E-state index contributed by atoms with van der Waals surface area (Å²) in [6.45, 7) is 1.85. The van der Waals surface area contributed by atoms with E-state index in [1.54, 1.807) is 18.2 Å². The van der Waals surface area contributed by atoms with E-state index in [9.17, 15) is 9.59 Å². The van der Waals surface area contributed by atoms with E-state index in [2.05, 4.69) is 5.32 Å². The zero-order valence-corrected chi connectivity index (χ0v) is 10.8. The number of carbonyl (C=O) groups is 2. The van der Waals surface area contributed by atoms with Crippen molar-refractivity contribution in [3.63, 3.8) is 0 Å². The topological polar surface area (TPSA) is 72.2 Å². The van der Waals surface area contributed by atoms with Crippen molar-refractivity contribution >= 4 is 23.4 Å². The van der Waals surface area contributed by atoms with Gasteiger partial charge in [0.25, 0.3) is 5.91 Å². The van der Waals surface area contributed by atoms with Crippen LogP contribution in [0.4, 0.5) is 0 Å². The Hall–Kier alpha value is -1.55. The van der Waals surface area contributed by atoms with Gasteiger partial charge in [-0.15, -0.1) is 0 Å². The second kappa shape index (κ2) is 4.98. The molecule has 3 N–H and O–H groups in total. The molecule has 0 saturated heterocycles. The summed E-state index contributed by atoms with van der Waals surface area (Å²) in [6.07, 6.45) is 1.27. The maximum atomic E-state index is 11.9. The van der Waals surface area contributed by atoms with Crippen LogP contribution in [0.1, 0.15) is 28.8 Å². The highest BCUT2D eigenvalue weighted by Gasteiger charge is 2.34. The van der Waals surface area contributed by atoms with E-state index in [1.807, 2.05) is 6.92 Å². The lowest BCUT2D eigenvalue weighted by Crippen LogP contribution is -2.48. The summed E-state index contributed by atoms with van der Waals surface area (Å²) >= 11 is 5.90. The minimum atomic E-state index is -0.289. The SMILES string of the molecule is Cc1cc(C(=O)NC2CC(C(N)=O)C2)ccc1Cl. The Labute approximate surface area is 110 Å². The number of nitrogens with two attached hydrogens (primary N) is 1. The quantitative estimate of drug-likeness (QED) is 0.873. The first kappa shape index (κ1) is 12.9. The number of amides is 2. The number of nitrogens with one attached hydrogen (secondary N) is 1. The molecule has 0 aliphatic heterocycles. The van der Waals surface area contributed by atoms with Crippen LogP contribution in [0.3, 0.4) is 0 Å². The zero-order valence-electron chi connectivity index (χ0n) is 10.1. The van der Waals surface area contributed by atoms with Crippen molar-refractivity contribution in [2.24, 2.45) is 11.7 Å². The van der Waals surface area contributed by atoms with Gasteiger partial charge in [-0.1, -0.05) is 11.6 Å². The monoisotopic (exact) mass is 266 g/mol. The third-order valence-corrected chi connectivity index (χ3v) is 3.72. The maximum absolute atomic E-state index is 11.9. The number of aryl methyl sites for hydroxylation is 1. The normalized spacial score (nSPS) is 22.1. The number of benzene rings is 1. The van der Waals surface area contributed by atoms with Crippen LogP contribution >= 0.6 is 11.6 Å². The van der Waals surface area contributed by atoms with Crippen molar-refractivity contribution in [1.29, 1.82) is 0 Å². The number of carbonyl (C=O) groups excluding carboxylic acids is 2. The Balaban J connectivity index is 1.93. The summed E-state index contributed by atoms with van der Waals surface area (Å²) in [4.78, 5) is 22.8. The van der Waals surface area contributed by atoms with Gasteiger partial charge in [0.1, 0.15) is 0 Å². The summed E-state index contributed by atoms with van der Waals surface area (Å²) in [5.74, 6) is -0.521. The predicted octanol–water partition coefficient (Wildman–Crippen LogP) is 1.64. The molecule has 18 heavy (non-hydrogen) atoms. The minimum absolute atomic E-state index is 0.0472. The Morgan fingerprint density at radius 3 is 2.61 bits per heavy atom. The van der Waals surface area contributed by atoms with Crippen molar-refractivity contribution < 1.29 is 9.59 Å². The molecule has 5 heteroatoms. The van der Waals surface area contributed by atoms with Gasteiger partial charge in [-0.25, -0.2) is 0 Å². The van der Waals surface area contributed by atoms with E-state index in [0.29, 0.717) is 23.4 Å². The Morgan fingerprint density at radius 1 is 1.39 bits per heavy atom. The summed E-state index contributed by atoms with van der Waals surface area (Å²) in [5, 5.41) is 3.52. The summed E-state index contributed by atoms with van der Waals surface area (Å²) in [5.41, 5.74) is 6.62. The van der Waals surface area contributed by atoms with Crippen LogP contribution in [-0.2, 0) is 4.79 Å². The molecule has 0 radical (unpaired) electrons. The predicted molar refractivity (Wildman–Crippen MR) is 69.4 cm³/mol. The second-order valence-electron chi connectivity index (χ2n) is 4.71. The average molecular weight is 267 g/mol. The van der Waals surface area contributed by atoms with Crippen molar-refractivity contribution in [3.05, 3.63) is 34.3 Å². The smallest absolute Gasteiger partial charge is 0.251 e. The van der Waals surface area contributed by atoms with Gasteiger partial charge >= 0.3 is 0 Å². The molecule has 2 amide bonds. The molecule has 0 unspecified atom stereocenters. The maximum Gasteiger partial charge on any atom is 0.251 e. The van der Waals surface area contributed by atoms with Crippen molar-refractivity contribution in [2.45, 2.75) is 25.8 Å². The average Bonchev–Trinajstić information content (AvgIpc) is 2.25. The zero-order chi connectivity index (χ0) is 13.3. The molecule has 0 heterocycles. The molecule has 1 aliphatic carbocycles. The molecule has 0 atom stereocenters. The fraction of sp³-hybridized carbons (Fsp3) is 0.385. The molecule has 0 bridgehead atoms. The van der Waals surface area contributed by atoms with Gasteiger partial charge in [-0.2, -0.15) is 0 Å². The molecule has 96 valence electrons. The summed E-state index contributed by atoms with van der Waals surface area (Å²) in [7, 11) is 0. The lowest BCUT2D eigenvalue weighted by Gasteiger charge is -2.33. The fourth-order valence-electron chi connectivity index (χ4n) is 2.02. The van der Waals surface area contributed by atoms with E-state index in [1.165, 1.54) is 0 Å². The van der Waals surface area contributed by atoms with Crippen LogP contribution < -0.4 is 11.1 Å². The van der Waals surface area contributed by atoms with E-state index >= 15 is 0 Å². The van der Waals surface area contributed by atoms with Gasteiger partial charge in [0.15, 0.2) is 0 Å². The van der Waals surface area contributed by atoms with Gasteiger partial charge in [0.05, 0.1) is 0 Å². The summed E-state index contributed by atoms with van der Waals surface area (Å²) < 4.78 is 0. The lowest BCUT2D eigenvalue weighted by molar-refractivity contribution is -0.124. The minimum Gasteiger partial charge on any atom is -0.369 e. The first-order valence-electron chi connectivity index (χ1n) is 5.83. The number of hydrogen-bond acceptors (Lipinski definition) is 2. The molecule has 1 aromatic carbocycles. The first-order valence-corrected chi connectivity index (χ1v) is 6.21. The fourth-order valence-corrected chi connectivity index (χ4v) is 2.14. The molecule has 1 fully saturated rings. The number of halogens is 1. The molecule has 4 nitrogen and oxygen atoms in total. The van der Waals surface area contributed by atoms with Gasteiger partial charge in [0.2, 0.25) is 5.91 Å². The van der Waals surface area contributed by atoms with Crippen LogP contribution in [-0.4, -0.2) is 17.9 Å². The van der Waals surface area contributed by atoms with Crippen molar-refractivity contribution in [1.82, 2.24) is 5.32 Å². The highest BCUT2D eigenvalue weighted by molar-refractivity contribution is 6.31. The third kappa shape index (κ3) is 2.64. The number of primary amides is 1. The molecule has 1 aromatic rings. The molecule has 2 rings (SSSR count). The highest BCUT2D eigenvalue weighted by atomic mass is 35.5. The summed E-state index contributed by atoms with van der Waals surface area (Å²) in [6, 6.07) is 5.20. The van der Waals surface area contributed by atoms with Crippen molar-refractivity contribution in [2.75, 3.05) is 0 Å². The molecule has 0 spiro atoms. The standard InChI is InChI=1S/C13H15ClN2O2/c1-7-4-8(2-3-11(7)14)13(18)16-10-5-9(6-10)12(15)17/h2-4,9-10H,5-6H2,1H3,(H2,15,17)(H,16,18). The van der Waals surface area contributed by atoms with E-state index < -0.39 is 0 Å². The van der Waals surface area contributed by atoms with Crippen LogP contribution in [0.2, 0.25) is 5.02 Å². The largest absolute Gasteiger partial charge is 0.369 e. The second-order valence-corrected chi connectivity index (χ2v) is 5.11. The van der Waals surface area contributed by atoms with Crippen LogP contribution in [0.15, 0.2) is 18.2 Å². The van der Waals surface area contributed by atoms with Crippen LogP contribution in [0.5, 0.6) is 0 Å². The number of rotatable bonds is 3. The first-order chi connectivity index (χ1) is 8.47. The van der Waals surface area contributed by atoms with Gasteiger partial charge < -0.3 is 11.1 Å².